The van der Waals surface area contributed by atoms with E-state index in [-0.39, 0.29) is 0 Å². The minimum absolute atomic E-state index is 0.294. The van der Waals surface area contributed by atoms with Crippen LogP contribution in [-0.2, 0) is 4.74 Å². The number of thiophene rings is 1. The van der Waals surface area contributed by atoms with Gasteiger partial charge in [-0.3, -0.25) is 0 Å². The summed E-state index contributed by atoms with van der Waals surface area (Å²) < 4.78 is 6.51. The van der Waals surface area contributed by atoms with Gasteiger partial charge in [-0.1, -0.05) is 0 Å². The number of morpholine rings is 1. The average molecular weight is 391 g/mol. The van der Waals surface area contributed by atoms with Crippen LogP contribution in [0.25, 0.3) is 20.4 Å². The Hall–Kier alpha value is -1.74. The molecule has 0 atom stereocenters. The zero-order valence-corrected chi connectivity index (χ0v) is 15.8. The van der Waals surface area contributed by atoms with Crippen LogP contribution in [0.1, 0.15) is 0 Å². The third kappa shape index (κ3) is 2.87. The number of hydrogen-bond donors (Lipinski definition) is 1. The third-order valence-corrected chi connectivity index (χ3v) is 6.13. The van der Waals surface area contributed by atoms with E-state index in [1.54, 1.807) is 11.3 Å². The Labute approximate surface area is 159 Å². The molecule has 5 rings (SSSR count). The van der Waals surface area contributed by atoms with Crippen LogP contribution in [0.2, 0.25) is 5.28 Å². The quantitative estimate of drug-likeness (QED) is 0.672. The van der Waals surface area contributed by atoms with E-state index >= 15 is 0 Å². The minimum atomic E-state index is 0.294. The van der Waals surface area contributed by atoms with Crippen LogP contribution in [0.5, 0.6) is 0 Å². The monoisotopic (exact) mass is 390 g/mol. The molecular weight excluding hydrogens is 372 g/mol. The molecule has 26 heavy (non-hydrogen) atoms. The molecule has 0 bridgehead atoms. The van der Waals surface area contributed by atoms with Crippen molar-refractivity contribution in [2.45, 2.75) is 0 Å². The maximum absolute atomic E-state index is 6.25. The highest BCUT2D eigenvalue weighted by atomic mass is 35.5. The summed E-state index contributed by atoms with van der Waals surface area (Å²) in [6, 6.07) is 4.18. The second-order valence-corrected chi connectivity index (χ2v) is 7.79. The second kappa shape index (κ2) is 6.77. The standard InChI is InChI=1S/C17H19ClN6OS/c18-17-21-13-11-1-2-12(23-7-9-25-10-8-23)20-16(11)26-14(13)15(22-17)24-5-3-19-4-6-24/h1-2,19H,3-10H2. The first-order valence-electron chi connectivity index (χ1n) is 8.85. The number of pyridine rings is 1. The summed E-state index contributed by atoms with van der Waals surface area (Å²) in [6.07, 6.45) is 0. The molecule has 0 saturated carbocycles. The Morgan fingerprint density at radius 3 is 2.62 bits per heavy atom. The number of anilines is 2. The van der Waals surface area contributed by atoms with Crippen molar-refractivity contribution in [3.8, 4) is 0 Å². The van der Waals surface area contributed by atoms with E-state index in [2.05, 4.69) is 37.2 Å². The van der Waals surface area contributed by atoms with Gasteiger partial charge in [-0.2, -0.15) is 4.98 Å². The van der Waals surface area contributed by atoms with Gasteiger partial charge in [0.2, 0.25) is 5.28 Å². The molecule has 136 valence electrons. The number of hydrogen-bond acceptors (Lipinski definition) is 8. The first-order chi connectivity index (χ1) is 12.8. The molecule has 3 aromatic heterocycles. The lowest BCUT2D eigenvalue weighted by Gasteiger charge is -2.28. The number of aromatic nitrogens is 3. The molecule has 0 radical (unpaired) electrons. The van der Waals surface area contributed by atoms with Crippen LogP contribution < -0.4 is 15.1 Å². The third-order valence-electron chi connectivity index (χ3n) is 4.87. The van der Waals surface area contributed by atoms with E-state index in [9.17, 15) is 0 Å². The van der Waals surface area contributed by atoms with Gasteiger partial charge in [-0.15, -0.1) is 11.3 Å². The fourth-order valence-corrected chi connectivity index (χ4v) is 4.82. The zero-order valence-electron chi connectivity index (χ0n) is 14.2. The Morgan fingerprint density at radius 2 is 1.81 bits per heavy atom. The maximum atomic E-state index is 6.25. The van der Waals surface area contributed by atoms with Crippen LogP contribution in [0.15, 0.2) is 12.1 Å². The number of rotatable bonds is 2. The highest BCUT2D eigenvalue weighted by molar-refractivity contribution is 7.26. The summed E-state index contributed by atoms with van der Waals surface area (Å²) >= 11 is 7.91. The lowest BCUT2D eigenvalue weighted by molar-refractivity contribution is 0.122. The molecule has 3 aromatic rings. The molecule has 0 amide bonds. The van der Waals surface area contributed by atoms with E-state index in [1.807, 2.05) is 0 Å². The lowest BCUT2D eigenvalue weighted by Crippen LogP contribution is -2.44. The zero-order chi connectivity index (χ0) is 17.5. The molecule has 2 fully saturated rings. The van der Waals surface area contributed by atoms with Crippen LogP contribution in [0, 0.1) is 0 Å². The SMILES string of the molecule is Clc1nc(N2CCNCC2)c2sc3nc(N4CCOCC4)ccc3c2n1. The van der Waals surface area contributed by atoms with Gasteiger partial charge in [0, 0.05) is 44.7 Å². The Kier molecular flexibility index (Phi) is 4.28. The Bertz CT molecular complexity index is 951. The van der Waals surface area contributed by atoms with Gasteiger partial charge in [0.05, 0.1) is 23.4 Å². The number of nitrogens with one attached hydrogen (secondary N) is 1. The number of piperazine rings is 1. The number of ether oxygens (including phenoxy) is 1. The summed E-state index contributed by atoms with van der Waals surface area (Å²) in [6.45, 7) is 7.00. The van der Waals surface area contributed by atoms with Gasteiger partial charge in [-0.25, -0.2) is 9.97 Å². The molecule has 0 unspecified atom stereocenters. The molecule has 5 heterocycles. The fourth-order valence-electron chi connectivity index (χ4n) is 3.53. The van der Waals surface area contributed by atoms with Crippen molar-refractivity contribution in [3.63, 3.8) is 0 Å². The van der Waals surface area contributed by atoms with E-state index in [1.165, 1.54) is 0 Å². The normalized spacial score (nSPS) is 18.8. The van der Waals surface area contributed by atoms with E-state index in [0.29, 0.717) is 5.28 Å². The first-order valence-corrected chi connectivity index (χ1v) is 10.0. The van der Waals surface area contributed by atoms with Crippen molar-refractivity contribution < 1.29 is 4.74 Å². The molecule has 2 aliphatic heterocycles. The van der Waals surface area contributed by atoms with Gasteiger partial charge < -0.3 is 19.9 Å². The number of fused-ring (bicyclic) bond motifs is 3. The first kappa shape index (κ1) is 16.4. The minimum Gasteiger partial charge on any atom is -0.378 e. The smallest absolute Gasteiger partial charge is 0.224 e. The highest BCUT2D eigenvalue weighted by Crippen LogP contribution is 2.38. The molecule has 1 N–H and O–H groups in total. The largest absolute Gasteiger partial charge is 0.378 e. The van der Waals surface area contributed by atoms with Crippen molar-refractivity contribution in [2.24, 2.45) is 0 Å². The summed E-state index contributed by atoms with van der Waals surface area (Å²) in [5, 5.41) is 4.71. The highest BCUT2D eigenvalue weighted by Gasteiger charge is 2.21. The molecule has 7 nitrogen and oxygen atoms in total. The summed E-state index contributed by atoms with van der Waals surface area (Å²) in [5.74, 6) is 1.92. The summed E-state index contributed by atoms with van der Waals surface area (Å²) in [4.78, 5) is 19.5. The van der Waals surface area contributed by atoms with Gasteiger partial charge in [-0.05, 0) is 23.7 Å². The summed E-state index contributed by atoms with van der Waals surface area (Å²) in [7, 11) is 0. The van der Waals surface area contributed by atoms with Crippen molar-refractivity contribution >= 4 is 55.0 Å². The Morgan fingerprint density at radius 1 is 1.00 bits per heavy atom. The molecule has 0 spiro atoms. The van der Waals surface area contributed by atoms with Gasteiger partial charge in [0.25, 0.3) is 0 Å². The van der Waals surface area contributed by atoms with Crippen LogP contribution >= 0.6 is 22.9 Å². The molecular formula is C17H19ClN6OS. The Balaban J connectivity index is 1.63. The second-order valence-electron chi connectivity index (χ2n) is 6.45. The van der Waals surface area contributed by atoms with E-state index in [0.717, 1.165) is 84.6 Å². The summed E-state index contributed by atoms with van der Waals surface area (Å²) in [5.41, 5.74) is 0.902. The lowest BCUT2D eigenvalue weighted by atomic mass is 10.2. The van der Waals surface area contributed by atoms with E-state index < -0.39 is 0 Å². The maximum Gasteiger partial charge on any atom is 0.224 e. The van der Waals surface area contributed by atoms with E-state index in [4.69, 9.17) is 21.3 Å². The topological polar surface area (TPSA) is 66.4 Å². The molecule has 9 heteroatoms. The van der Waals surface area contributed by atoms with Crippen LogP contribution in [0.4, 0.5) is 11.6 Å². The van der Waals surface area contributed by atoms with Crippen molar-refractivity contribution in [1.29, 1.82) is 0 Å². The van der Waals surface area contributed by atoms with Gasteiger partial charge >= 0.3 is 0 Å². The molecule has 0 aromatic carbocycles. The molecule has 2 saturated heterocycles. The number of halogens is 1. The van der Waals surface area contributed by atoms with Crippen molar-refractivity contribution in [2.75, 3.05) is 62.3 Å². The van der Waals surface area contributed by atoms with Crippen LogP contribution in [0.3, 0.4) is 0 Å². The van der Waals surface area contributed by atoms with Gasteiger partial charge in [0.15, 0.2) is 5.82 Å². The predicted octanol–water partition coefficient (Wildman–Crippen LogP) is 2.14. The fraction of sp³-hybridized carbons (Fsp3) is 0.471. The van der Waals surface area contributed by atoms with Crippen LogP contribution in [-0.4, -0.2) is 67.4 Å². The predicted molar refractivity (Wildman–Crippen MR) is 106 cm³/mol. The van der Waals surface area contributed by atoms with Crippen molar-refractivity contribution in [1.82, 2.24) is 20.3 Å². The molecule has 0 aliphatic carbocycles. The number of nitrogens with zero attached hydrogens (tertiary/aromatic N) is 5. The van der Waals surface area contributed by atoms with Crippen molar-refractivity contribution in [3.05, 3.63) is 17.4 Å². The average Bonchev–Trinajstić information content (AvgIpc) is 3.06. The molecule has 2 aliphatic rings. The van der Waals surface area contributed by atoms with Gasteiger partial charge in [0.1, 0.15) is 10.6 Å².